The van der Waals surface area contributed by atoms with Crippen molar-refractivity contribution in [2.24, 2.45) is 5.84 Å². The summed E-state index contributed by atoms with van der Waals surface area (Å²) in [6.45, 7) is 4.29. The third-order valence-corrected chi connectivity index (χ3v) is 3.57. The highest BCUT2D eigenvalue weighted by Crippen LogP contribution is 2.21. The zero-order chi connectivity index (χ0) is 13.1. The van der Waals surface area contributed by atoms with Gasteiger partial charge < -0.3 is 10.6 Å². The van der Waals surface area contributed by atoms with Crippen LogP contribution in [-0.2, 0) is 6.42 Å². The predicted molar refractivity (Wildman–Crippen MR) is 71.2 cm³/mol. The van der Waals surface area contributed by atoms with Crippen LogP contribution in [0, 0.1) is 0 Å². The highest BCUT2D eigenvalue weighted by molar-refractivity contribution is 5.44. The summed E-state index contributed by atoms with van der Waals surface area (Å²) >= 11 is 0. The van der Waals surface area contributed by atoms with Crippen molar-refractivity contribution in [3.8, 4) is 0 Å². The minimum Gasteiger partial charge on any atom is -0.398 e. The van der Waals surface area contributed by atoms with Crippen molar-refractivity contribution >= 4 is 5.69 Å². The largest absolute Gasteiger partial charge is 0.398 e. The number of nitrogens with zero attached hydrogens (tertiary/aromatic N) is 2. The first-order valence-corrected chi connectivity index (χ1v) is 5.71. The second kappa shape index (κ2) is 5.44. The van der Waals surface area contributed by atoms with E-state index in [4.69, 9.17) is 11.6 Å². The maximum atomic E-state index is 5.92. The van der Waals surface area contributed by atoms with Crippen LogP contribution in [-0.4, -0.2) is 35.6 Å². The zero-order valence-electron chi connectivity index (χ0n) is 11.1. The molecular weight excluding hydrogens is 214 g/mol. The summed E-state index contributed by atoms with van der Waals surface area (Å²) in [4.78, 5) is 6.24. The normalized spacial score (nSPS) is 14.0. The van der Waals surface area contributed by atoms with Gasteiger partial charge in [-0.05, 0) is 46.0 Å². The number of anilines is 1. The van der Waals surface area contributed by atoms with Gasteiger partial charge in [0.25, 0.3) is 0 Å². The summed E-state index contributed by atoms with van der Waals surface area (Å²) in [5.41, 5.74) is 10.5. The molecule has 0 radical (unpaired) electrons. The molecule has 0 aliphatic rings. The molecule has 0 aliphatic heterocycles. The molecule has 1 rings (SSSR count). The molecule has 1 unspecified atom stereocenters. The number of hydrogen-bond acceptors (Lipinski definition) is 5. The van der Waals surface area contributed by atoms with E-state index in [9.17, 15) is 0 Å². The number of hydrazine groups is 1. The van der Waals surface area contributed by atoms with E-state index in [2.05, 4.69) is 29.2 Å². The van der Waals surface area contributed by atoms with E-state index in [1.807, 2.05) is 20.2 Å². The van der Waals surface area contributed by atoms with E-state index >= 15 is 0 Å². The molecule has 5 N–H and O–H groups in total. The predicted octanol–water partition coefficient (Wildman–Crippen LogP) is 0.378. The van der Waals surface area contributed by atoms with E-state index in [0.717, 1.165) is 17.7 Å². The number of likely N-dealkylation sites (N-methyl/N-ethyl adjacent to an activating group) is 1. The number of rotatable bonds is 5. The van der Waals surface area contributed by atoms with Crippen LogP contribution < -0.4 is 17.0 Å². The summed E-state index contributed by atoms with van der Waals surface area (Å²) in [5, 5.41) is 0. The fourth-order valence-electron chi connectivity index (χ4n) is 1.65. The van der Waals surface area contributed by atoms with Gasteiger partial charge in [-0.3, -0.25) is 16.3 Å². The van der Waals surface area contributed by atoms with Gasteiger partial charge in [0.2, 0.25) is 0 Å². The maximum Gasteiger partial charge on any atom is 0.0430 e. The van der Waals surface area contributed by atoms with Crippen LogP contribution in [0.15, 0.2) is 18.5 Å². The van der Waals surface area contributed by atoms with Crippen molar-refractivity contribution in [2.45, 2.75) is 31.8 Å². The Hall–Kier alpha value is -1.17. The Morgan fingerprint density at radius 3 is 2.59 bits per heavy atom. The van der Waals surface area contributed by atoms with E-state index in [1.165, 1.54) is 0 Å². The summed E-state index contributed by atoms with van der Waals surface area (Å²) in [7, 11) is 4.08. The Kier molecular flexibility index (Phi) is 4.45. The van der Waals surface area contributed by atoms with Gasteiger partial charge in [0, 0.05) is 29.7 Å². The molecule has 0 amide bonds. The van der Waals surface area contributed by atoms with Gasteiger partial charge in [0.15, 0.2) is 0 Å². The van der Waals surface area contributed by atoms with E-state index < -0.39 is 0 Å². The molecule has 0 saturated heterocycles. The molecule has 96 valence electrons. The molecule has 1 aromatic rings. The second-order valence-electron chi connectivity index (χ2n) is 5.05. The van der Waals surface area contributed by atoms with Crippen LogP contribution in [0.2, 0.25) is 0 Å². The lowest BCUT2D eigenvalue weighted by atomic mass is 9.88. The van der Waals surface area contributed by atoms with Gasteiger partial charge in [0.05, 0.1) is 0 Å². The smallest absolute Gasteiger partial charge is 0.0430 e. The van der Waals surface area contributed by atoms with Crippen molar-refractivity contribution in [3.63, 3.8) is 0 Å². The van der Waals surface area contributed by atoms with Crippen molar-refractivity contribution < 1.29 is 0 Å². The van der Waals surface area contributed by atoms with Crippen molar-refractivity contribution in [1.29, 1.82) is 0 Å². The van der Waals surface area contributed by atoms with Gasteiger partial charge >= 0.3 is 0 Å². The topological polar surface area (TPSA) is 80.2 Å². The monoisotopic (exact) mass is 237 g/mol. The molecule has 0 aliphatic carbocycles. The first-order chi connectivity index (χ1) is 7.89. The summed E-state index contributed by atoms with van der Waals surface area (Å²) in [5.74, 6) is 5.66. The van der Waals surface area contributed by atoms with Crippen molar-refractivity contribution in [1.82, 2.24) is 15.3 Å². The van der Waals surface area contributed by atoms with E-state index in [-0.39, 0.29) is 11.6 Å². The Morgan fingerprint density at radius 2 is 2.12 bits per heavy atom. The average Bonchev–Trinajstić information content (AvgIpc) is 2.27. The standard InChI is InChI=1S/C12H23N5/c1-12(2,17(3)4)11(16-14)7-9-8-15-6-5-10(9)13/h5-6,8,11,16H,7,14H2,1-4H3,(H2,13,15). The van der Waals surface area contributed by atoms with Gasteiger partial charge in [-0.25, -0.2) is 0 Å². The first kappa shape index (κ1) is 13.9. The Balaban J connectivity index is 2.88. The zero-order valence-corrected chi connectivity index (χ0v) is 11.1. The molecule has 17 heavy (non-hydrogen) atoms. The lowest BCUT2D eigenvalue weighted by molar-refractivity contribution is 0.137. The maximum absolute atomic E-state index is 5.92. The number of hydrogen-bond donors (Lipinski definition) is 3. The van der Waals surface area contributed by atoms with E-state index in [0.29, 0.717) is 0 Å². The van der Waals surface area contributed by atoms with Crippen LogP contribution in [0.25, 0.3) is 0 Å². The summed E-state index contributed by atoms with van der Waals surface area (Å²) in [6.07, 6.45) is 4.24. The third-order valence-electron chi connectivity index (χ3n) is 3.57. The van der Waals surface area contributed by atoms with Crippen LogP contribution in [0.1, 0.15) is 19.4 Å². The Morgan fingerprint density at radius 1 is 1.47 bits per heavy atom. The summed E-state index contributed by atoms with van der Waals surface area (Å²) in [6, 6.07) is 1.91. The fraction of sp³-hybridized carbons (Fsp3) is 0.583. The van der Waals surface area contributed by atoms with E-state index in [1.54, 1.807) is 12.4 Å². The Bertz CT molecular complexity index is 362. The molecule has 0 spiro atoms. The van der Waals surface area contributed by atoms with Crippen molar-refractivity contribution in [3.05, 3.63) is 24.0 Å². The van der Waals surface area contributed by atoms with Gasteiger partial charge in [-0.2, -0.15) is 0 Å². The SMILES string of the molecule is CN(C)C(C)(C)C(Cc1cnccc1N)NN. The number of aromatic nitrogens is 1. The first-order valence-electron chi connectivity index (χ1n) is 5.71. The van der Waals surface area contributed by atoms with Crippen LogP contribution in [0.5, 0.6) is 0 Å². The molecule has 1 atom stereocenters. The van der Waals surface area contributed by atoms with Crippen molar-refractivity contribution in [2.75, 3.05) is 19.8 Å². The lowest BCUT2D eigenvalue weighted by Crippen LogP contribution is -2.58. The number of pyridine rings is 1. The molecule has 5 nitrogen and oxygen atoms in total. The molecular formula is C12H23N5. The highest BCUT2D eigenvalue weighted by atomic mass is 15.3. The molecule has 0 bridgehead atoms. The minimum absolute atomic E-state index is 0.0724. The second-order valence-corrected chi connectivity index (χ2v) is 5.05. The molecule has 0 fully saturated rings. The highest BCUT2D eigenvalue weighted by Gasteiger charge is 2.31. The fourth-order valence-corrected chi connectivity index (χ4v) is 1.65. The molecule has 0 saturated carbocycles. The number of nitrogen functional groups attached to an aromatic ring is 1. The molecule has 5 heteroatoms. The van der Waals surface area contributed by atoms with Gasteiger partial charge in [0.1, 0.15) is 0 Å². The Labute approximate surface area is 103 Å². The number of nitrogens with one attached hydrogen (secondary N) is 1. The number of nitrogens with two attached hydrogens (primary N) is 2. The molecule has 1 heterocycles. The van der Waals surface area contributed by atoms with Crippen LogP contribution in [0.4, 0.5) is 5.69 Å². The van der Waals surface area contributed by atoms with Crippen LogP contribution >= 0.6 is 0 Å². The average molecular weight is 237 g/mol. The van der Waals surface area contributed by atoms with Gasteiger partial charge in [-0.15, -0.1) is 0 Å². The van der Waals surface area contributed by atoms with Gasteiger partial charge in [-0.1, -0.05) is 0 Å². The molecule has 1 aromatic heterocycles. The minimum atomic E-state index is -0.0724. The lowest BCUT2D eigenvalue weighted by Gasteiger charge is -2.40. The third kappa shape index (κ3) is 3.15. The quantitative estimate of drug-likeness (QED) is 0.509. The molecule has 0 aromatic carbocycles. The summed E-state index contributed by atoms with van der Waals surface area (Å²) < 4.78 is 0. The van der Waals surface area contributed by atoms with Crippen LogP contribution in [0.3, 0.4) is 0 Å².